The molecule has 0 spiro atoms. The highest BCUT2D eigenvalue weighted by Gasteiger charge is 2.32. The molecule has 1 saturated heterocycles. The Labute approximate surface area is 156 Å². The average Bonchev–Trinajstić information content (AvgIpc) is 2.88. The number of carbonyl (C=O) groups is 2. The van der Waals surface area contributed by atoms with Gasteiger partial charge in [-0.3, -0.25) is 9.59 Å². The molecule has 0 bridgehead atoms. The summed E-state index contributed by atoms with van der Waals surface area (Å²) in [4.78, 5) is 24.1. The Morgan fingerprint density at radius 1 is 1.44 bits per heavy atom. The van der Waals surface area contributed by atoms with Crippen molar-refractivity contribution < 1.29 is 9.59 Å². The molecular formula is C17H21ClN4O2S. The molecule has 25 heavy (non-hydrogen) atoms. The molecule has 134 valence electrons. The number of thioether (sulfide) groups is 1. The lowest BCUT2D eigenvalue weighted by atomic mass is 10.1. The molecule has 0 aromatic heterocycles. The normalized spacial score (nSPS) is 19.4. The number of hydrogen-bond donors (Lipinski definition) is 2. The highest BCUT2D eigenvalue weighted by atomic mass is 35.5. The summed E-state index contributed by atoms with van der Waals surface area (Å²) in [5.74, 6) is -0.205. The molecular weight excluding hydrogens is 360 g/mol. The summed E-state index contributed by atoms with van der Waals surface area (Å²) < 4.78 is 0. The van der Waals surface area contributed by atoms with Crippen molar-refractivity contribution in [2.75, 3.05) is 5.32 Å². The van der Waals surface area contributed by atoms with Gasteiger partial charge in [-0.15, -0.1) is 5.10 Å². The van der Waals surface area contributed by atoms with Crippen LogP contribution < -0.4 is 10.6 Å². The molecule has 0 aliphatic carbocycles. The number of nitrogens with one attached hydrogen (secondary N) is 2. The summed E-state index contributed by atoms with van der Waals surface area (Å²) in [6.07, 6.45) is 0.0495. The Hall–Kier alpha value is -1.86. The van der Waals surface area contributed by atoms with Gasteiger partial charge < -0.3 is 10.6 Å². The lowest BCUT2D eigenvalue weighted by Crippen LogP contribution is -2.28. The standard InChI is InChI=1S/C17H21ClN4O2S/c1-9(2)11(4)21-22-17-20-16(24)14(25-17)8-15(23)19-12-6-5-10(3)13(18)7-12/h5-7,9,14H,8H2,1-4H3,(H,19,23)(H,20,22,24)/b21-11-. The predicted molar refractivity (Wildman–Crippen MR) is 104 cm³/mol. The van der Waals surface area contributed by atoms with Gasteiger partial charge in [-0.1, -0.05) is 43.3 Å². The highest BCUT2D eigenvalue weighted by Crippen LogP contribution is 2.24. The van der Waals surface area contributed by atoms with Crippen LogP contribution in [-0.4, -0.2) is 27.9 Å². The van der Waals surface area contributed by atoms with Gasteiger partial charge in [0.25, 0.3) is 0 Å². The molecule has 0 radical (unpaired) electrons. The van der Waals surface area contributed by atoms with Crippen LogP contribution in [0.5, 0.6) is 0 Å². The van der Waals surface area contributed by atoms with Crippen LogP contribution in [0.4, 0.5) is 5.69 Å². The Morgan fingerprint density at radius 3 is 2.80 bits per heavy atom. The number of hydrogen-bond acceptors (Lipinski definition) is 5. The molecule has 1 heterocycles. The third-order valence-electron chi connectivity index (χ3n) is 3.74. The van der Waals surface area contributed by atoms with Crippen LogP contribution in [-0.2, 0) is 9.59 Å². The summed E-state index contributed by atoms with van der Waals surface area (Å²) in [5, 5.41) is 14.0. The molecule has 2 amide bonds. The molecule has 2 N–H and O–H groups in total. The smallest absolute Gasteiger partial charge is 0.240 e. The summed E-state index contributed by atoms with van der Waals surface area (Å²) in [6.45, 7) is 7.80. The van der Waals surface area contributed by atoms with E-state index in [4.69, 9.17) is 11.6 Å². The fraction of sp³-hybridized carbons (Fsp3) is 0.412. The molecule has 1 aliphatic rings. The van der Waals surface area contributed by atoms with Gasteiger partial charge in [-0.05, 0) is 37.5 Å². The van der Waals surface area contributed by atoms with Crippen molar-refractivity contribution in [2.24, 2.45) is 16.1 Å². The first kappa shape index (κ1) is 19.5. The Bertz CT molecular complexity index is 746. The zero-order valence-corrected chi connectivity index (χ0v) is 16.2. The number of aryl methyl sites for hydroxylation is 1. The first-order valence-corrected chi connectivity index (χ1v) is 9.17. The minimum absolute atomic E-state index is 0.0495. The van der Waals surface area contributed by atoms with E-state index < -0.39 is 5.25 Å². The van der Waals surface area contributed by atoms with Gasteiger partial charge in [0, 0.05) is 22.8 Å². The molecule has 1 atom stereocenters. The predicted octanol–water partition coefficient (Wildman–Crippen LogP) is 3.60. The topological polar surface area (TPSA) is 82.9 Å². The van der Waals surface area contributed by atoms with E-state index in [0.29, 0.717) is 15.9 Å². The van der Waals surface area contributed by atoms with Crippen molar-refractivity contribution in [2.45, 2.75) is 39.4 Å². The number of rotatable bonds is 5. The number of halogens is 1. The van der Waals surface area contributed by atoms with E-state index in [1.807, 2.05) is 33.8 Å². The lowest BCUT2D eigenvalue weighted by Gasteiger charge is -2.08. The average molecular weight is 381 g/mol. The molecule has 1 unspecified atom stereocenters. The first-order valence-electron chi connectivity index (χ1n) is 7.92. The van der Waals surface area contributed by atoms with E-state index in [0.717, 1.165) is 11.3 Å². The van der Waals surface area contributed by atoms with E-state index in [9.17, 15) is 9.59 Å². The van der Waals surface area contributed by atoms with Crippen molar-refractivity contribution in [1.82, 2.24) is 5.32 Å². The van der Waals surface area contributed by atoms with Crippen LogP contribution in [0, 0.1) is 12.8 Å². The van der Waals surface area contributed by atoms with Crippen molar-refractivity contribution in [3.8, 4) is 0 Å². The molecule has 1 aromatic rings. The molecule has 0 saturated carbocycles. The van der Waals surface area contributed by atoms with E-state index in [1.165, 1.54) is 11.8 Å². The van der Waals surface area contributed by atoms with Gasteiger partial charge in [-0.25, -0.2) is 0 Å². The van der Waals surface area contributed by atoms with Gasteiger partial charge in [0.15, 0.2) is 5.17 Å². The third-order valence-corrected chi connectivity index (χ3v) is 5.22. The van der Waals surface area contributed by atoms with E-state index >= 15 is 0 Å². The largest absolute Gasteiger partial charge is 0.326 e. The van der Waals surface area contributed by atoms with Gasteiger partial charge in [-0.2, -0.15) is 5.10 Å². The van der Waals surface area contributed by atoms with Crippen LogP contribution in [0.15, 0.2) is 28.4 Å². The van der Waals surface area contributed by atoms with Crippen LogP contribution >= 0.6 is 23.4 Å². The molecule has 8 heteroatoms. The van der Waals surface area contributed by atoms with Crippen molar-refractivity contribution in [1.29, 1.82) is 0 Å². The second-order valence-electron chi connectivity index (χ2n) is 6.11. The van der Waals surface area contributed by atoms with Crippen LogP contribution in [0.3, 0.4) is 0 Å². The van der Waals surface area contributed by atoms with Crippen molar-refractivity contribution in [3.05, 3.63) is 28.8 Å². The van der Waals surface area contributed by atoms with Crippen molar-refractivity contribution >= 4 is 51.7 Å². The Morgan fingerprint density at radius 2 is 2.16 bits per heavy atom. The maximum absolute atomic E-state index is 12.2. The number of amides is 2. The lowest BCUT2D eigenvalue weighted by molar-refractivity contribution is -0.122. The second kappa shape index (κ2) is 8.49. The zero-order valence-electron chi connectivity index (χ0n) is 14.6. The minimum atomic E-state index is -0.519. The van der Waals surface area contributed by atoms with Crippen LogP contribution in [0.2, 0.25) is 5.02 Å². The fourth-order valence-corrected chi connectivity index (χ4v) is 2.98. The SMILES string of the molecule is C/C(=N/N=C1\NC(=O)C(CC(=O)Nc2ccc(C)c(Cl)c2)S1)C(C)C. The van der Waals surface area contributed by atoms with Crippen LogP contribution in [0.1, 0.15) is 32.8 Å². The maximum Gasteiger partial charge on any atom is 0.240 e. The molecule has 1 fully saturated rings. The van der Waals surface area contributed by atoms with Gasteiger partial charge in [0.2, 0.25) is 11.8 Å². The first-order chi connectivity index (χ1) is 11.8. The summed E-state index contributed by atoms with van der Waals surface area (Å²) in [6, 6.07) is 5.29. The molecule has 6 nitrogen and oxygen atoms in total. The highest BCUT2D eigenvalue weighted by molar-refractivity contribution is 8.15. The number of nitrogens with zero attached hydrogens (tertiary/aromatic N) is 2. The Balaban J connectivity index is 1.95. The zero-order chi connectivity index (χ0) is 18.6. The fourth-order valence-electron chi connectivity index (χ4n) is 1.88. The number of anilines is 1. The second-order valence-corrected chi connectivity index (χ2v) is 7.71. The van der Waals surface area contributed by atoms with Gasteiger partial charge in [0.1, 0.15) is 5.25 Å². The number of carbonyl (C=O) groups excluding carboxylic acids is 2. The molecule has 2 rings (SSSR count). The van der Waals surface area contributed by atoms with Gasteiger partial charge >= 0.3 is 0 Å². The monoisotopic (exact) mass is 380 g/mol. The molecule has 1 aromatic carbocycles. The maximum atomic E-state index is 12.2. The summed E-state index contributed by atoms with van der Waals surface area (Å²) >= 11 is 7.26. The minimum Gasteiger partial charge on any atom is -0.326 e. The van der Waals surface area contributed by atoms with E-state index in [-0.39, 0.29) is 24.2 Å². The number of amidine groups is 1. The Kier molecular flexibility index (Phi) is 6.61. The van der Waals surface area contributed by atoms with E-state index in [2.05, 4.69) is 20.8 Å². The number of benzene rings is 1. The third kappa shape index (κ3) is 5.57. The molecule has 1 aliphatic heterocycles. The van der Waals surface area contributed by atoms with Crippen molar-refractivity contribution in [3.63, 3.8) is 0 Å². The summed E-state index contributed by atoms with van der Waals surface area (Å²) in [5.41, 5.74) is 2.42. The van der Waals surface area contributed by atoms with E-state index in [1.54, 1.807) is 12.1 Å². The van der Waals surface area contributed by atoms with Gasteiger partial charge in [0.05, 0.1) is 0 Å². The van der Waals surface area contributed by atoms with Crippen LogP contribution in [0.25, 0.3) is 0 Å². The summed E-state index contributed by atoms with van der Waals surface area (Å²) in [7, 11) is 0. The quantitative estimate of drug-likeness (QED) is 0.604.